The molecule has 2 aromatic heterocycles. The van der Waals surface area contributed by atoms with Crippen LogP contribution >= 0.6 is 0 Å². The molecule has 3 rings (SSSR count). The number of hydrogen-bond acceptors (Lipinski definition) is 4. The van der Waals surface area contributed by atoms with E-state index in [-0.39, 0.29) is 5.91 Å². The van der Waals surface area contributed by atoms with Crippen LogP contribution in [0, 0.1) is 0 Å². The van der Waals surface area contributed by atoms with Gasteiger partial charge in [0.15, 0.2) is 0 Å². The average Bonchev–Trinajstić information content (AvgIpc) is 3.01. The molecule has 3 aromatic rings. The molecule has 2 N–H and O–H groups in total. The summed E-state index contributed by atoms with van der Waals surface area (Å²) in [4.78, 5) is 23.9. The van der Waals surface area contributed by atoms with E-state index in [0.29, 0.717) is 18.0 Å². The molecule has 0 unspecified atom stereocenters. The second-order valence-corrected chi connectivity index (χ2v) is 5.12. The summed E-state index contributed by atoms with van der Waals surface area (Å²) in [6, 6.07) is 11.3. The van der Waals surface area contributed by atoms with Gasteiger partial charge in [0.2, 0.25) is 5.88 Å². The molecule has 0 atom stereocenters. The van der Waals surface area contributed by atoms with Gasteiger partial charge in [-0.25, -0.2) is 9.97 Å². The Bertz CT molecular complexity index is 780. The fraction of sp³-hybridized carbons (Fsp3) is 0.235. The summed E-state index contributed by atoms with van der Waals surface area (Å²) >= 11 is 0. The fourth-order valence-corrected chi connectivity index (χ4v) is 2.40. The Morgan fingerprint density at radius 2 is 2.13 bits per heavy atom. The first-order valence-corrected chi connectivity index (χ1v) is 7.49. The lowest BCUT2D eigenvalue weighted by atomic mass is 10.2. The van der Waals surface area contributed by atoms with E-state index in [1.165, 1.54) is 7.11 Å². The van der Waals surface area contributed by atoms with Gasteiger partial charge in [-0.15, -0.1) is 0 Å². The van der Waals surface area contributed by atoms with Crippen molar-refractivity contribution in [3.8, 4) is 5.88 Å². The number of aromatic nitrogens is 3. The predicted octanol–water partition coefficient (Wildman–Crippen LogP) is 2.33. The number of methoxy groups -OCH3 is 1. The molecule has 0 fully saturated rings. The summed E-state index contributed by atoms with van der Waals surface area (Å²) in [6.07, 6.45) is 3.17. The lowest BCUT2D eigenvalue weighted by Gasteiger charge is -2.07. The number of imidazole rings is 1. The minimum Gasteiger partial charge on any atom is -0.480 e. The number of benzene rings is 1. The van der Waals surface area contributed by atoms with Crippen molar-refractivity contribution in [3.63, 3.8) is 0 Å². The van der Waals surface area contributed by atoms with Crippen molar-refractivity contribution < 1.29 is 9.53 Å². The van der Waals surface area contributed by atoms with Crippen molar-refractivity contribution in [1.29, 1.82) is 0 Å². The quantitative estimate of drug-likeness (QED) is 0.685. The number of aromatic amines is 1. The molecule has 0 saturated heterocycles. The predicted molar refractivity (Wildman–Crippen MR) is 87.5 cm³/mol. The molecule has 0 aliphatic rings. The summed E-state index contributed by atoms with van der Waals surface area (Å²) in [7, 11) is 1.50. The van der Waals surface area contributed by atoms with E-state index < -0.39 is 0 Å². The molecule has 0 spiro atoms. The van der Waals surface area contributed by atoms with Crippen LogP contribution in [-0.2, 0) is 6.42 Å². The van der Waals surface area contributed by atoms with Gasteiger partial charge in [0.05, 0.1) is 18.1 Å². The Hall–Kier alpha value is -2.89. The SMILES string of the molecule is COc1ncccc1C(=O)NCCCc1nc2ccccc2[nH]1. The topological polar surface area (TPSA) is 79.9 Å². The number of amides is 1. The third-order valence-electron chi connectivity index (χ3n) is 3.52. The van der Waals surface area contributed by atoms with E-state index in [1.54, 1.807) is 18.3 Å². The molecule has 0 saturated carbocycles. The molecule has 0 aliphatic heterocycles. The van der Waals surface area contributed by atoms with E-state index >= 15 is 0 Å². The van der Waals surface area contributed by atoms with Crippen molar-refractivity contribution >= 4 is 16.9 Å². The number of fused-ring (bicyclic) bond motifs is 1. The number of H-pyrrole nitrogens is 1. The number of nitrogens with one attached hydrogen (secondary N) is 2. The molecule has 2 heterocycles. The molecule has 23 heavy (non-hydrogen) atoms. The van der Waals surface area contributed by atoms with Gasteiger partial charge in [-0.3, -0.25) is 4.79 Å². The van der Waals surface area contributed by atoms with Crippen molar-refractivity contribution in [2.45, 2.75) is 12.8 Å². The maximum absolute atomic E-state index is 12.1. The molecule has 118 valence electrons. The Labute approximate surface area is 133 Å². The number of nitrogens with zero attached hydrogens (tertiary/aromatic N) is 2. The highest BCUT2D eigenvalue weighted by Gasteiger charge is 2.12. The van der Waals surface area contributed by atoms with Crippen LogP contribution in [0.15, 0.2) is 42.6 Å². The minimum atomic E-state index is -0.181. The number of para-hydroxylation sites is 2. The first kappa shape index (κ1) is 15.0. The molecule has 6 nitrogen and oxygen atoms in total. The third kappa shape index (κ3) is 3.48. The zero-order valence-electron chi connectivity index (χ0n) is 12.9. The van der Waals surface area contributed by atoms with Crippen molar-refractivity contribution in [2.24, 2.45) is 0 Å². The summed E-state index contributed by atoms with van der Waals surface area (Å²) in [5.74, 6) is 1.08. The molecular formula is C17H18N4O2. The van der Waals surface area contributed by atoms with E-state index in [9.17, 15) is 4.79 Å². The van der Waals surface area contributed by atoms with Crippen LogP contribution < -0.4 is 10.1 Å². The number of carbonyl (C=O) groups excluding carboxylic acids is 1. The van der Waals surface area contributed by atoms with Crippen LogP contribution in [0.2, 0.25) is 0 Å². The van der Waals surface area contributed by atoms with Crippen LogP contribution in [0.25, 0.3) is 11.0 Å². The normalized spacial score (nSPS) is 10.7. The first-order chi connectivity index (χ1) is 11.3. The Kier molecular flexibility index (Phi) is 4.52. The second kappa shape index (κ2) is 6.91. The van der Waals surface area contributed by atoms with Crippen LogP contribution in [0.5, 0.6) is 5.88 Å². The number of ether oxygens (including phenoxy) is 1. The summed E-state index contributed by atoms with van der Waals surface area (Å²) in [5.41, 5.74) is 2.44. The molecule has 0 bridgehead atoms. The van der Waals surface area contributed by atoms with Crippen molar-refractivity contribution in [2.75, 3.05) is 13.7 Å². The largest absolute Gasteiger partial charge is 0.480 e. The van der Waals surface area contributed by atoms with Crippen LogP contribution in [0.3, 0.4) is 0 Å². The van der Waals surface area contributed by atoms with Gasteiger partial charge in [0, 0.05) is 19.2 Å². The van der Waals surface area contributed by atoms with Crippen LogP contribution in [0.4, 0.5) is 0 Å². The number of aryl methyl sites for hydroxylation is 1. The van der Waals surface area contributed by atoms with E-state index in [2.05, 4.69) is 20.3 Å². The number of carbonyl (C=O) groups is 1. The highest BCUT2D eigenvalue weighted by molar-refractivity contribution is 5.96. The van der Waals surface area contributed by atoms with Crippen molar-refractivity contribution in [1.82, 2.24) is 20.3 Å². The summed E-state index contributed by atoms with van der Waals surface area (Å²) < 4.78 is 5.09. The molecule has 6 heteroatoms. The smallest absolute Gasteiger partial charge is 0.256 e. The Morgan fingerprint density at radius 1 is 1.26 bits per heavy atom. The Morgan fingerprint density at radius 3 is 2.96 bits per heavy atom. The van der Waals surface area contributed by atoms with Gasteiger partial charge in [0.25, 0.3) is 5.91 Å². The number of hydrogen-bond donors (Lipinski definition) is 2. The summed E-state index contributed by atoms with van der Waals surface area (Å²) in [6.45, 7) is 0.563. The molecule has 0 aliphatic carbocycles. The van der Waals surface area contributed by atoms with E-state index in [0.717, 1.165) is 29.7 Å². The van der Waals surface area contributed by atoms with E-state index in [1.807, 2.05) is 24.3 Å². The lowest BCUT2D eigenvalue weighted by Crippen LogP contribution is -2.25. The average molecular weight is 310 g/mol. The highest BCUT2D eigenvalue weighted by atomic mass is 16.5. The molecule has 1 aromatic carbocycles. The van der Waals surface area contributed by atoms with Gasteiger partial charge in [0.1, 0.15) is 11.4 Å². The van der Waals surface area contributed by atoms with Crippen LogP contribution in [-0.4, -0.2) is 34.5 Å². The zero-order valence-corrected chi connectivity index (χ0v) is 12.9. The molecular weight excluding hydrogens is 292 g/mol. The maximum atomic E-state index is 12.1. The number of rotatable bonds is 6. The van der Waals surface area contributed by atoms with Crippen molar-refractivity contribution in [3.05, 3.63) is 54.0 Å². The zero-order chi connectivity index (χ0) is 16.1. The number of pyridine rings is 1. The summed E-state index contributed by atoms with van der Waals surface area (Å²) in [5, 5.41) is 2.88. The first-order valence-electron chi connectivity index (χ1n) is 7.49. The van der Waals surface area contributed by atoms with Gasteiger partial charge >= 0.3 is 0 Å². The van der Waals surface area contributed by atoms with Gasteiger partial charge < -0.3 is 15.0 Å². The third-order valence-corrected chi connectivity index (χ3v) is 3.52. The standard InChI is InChI=1S/C17H18N4O2/c1-23-17-12(6-4-11-19-17)16(22)18-10-5-9-15-20-13-7-2-3-8-14(13)21-15/h2-4,6-8,11H,5,9-10H2,1H3,(H,18,22)(H,20,21). The lowest BCUT2D eigenvalue weighted by molar-refractivity contribution is 0.0949. The monoisotopic (exact) mass is 310 g/mol. The highest BCUT2D eigenvalue weighted by Crippen LogP contribution is 2.13. The van der Waals surface area contributed by atoms with Gasteiger partial charge in [-0.2, -0.15) is 0 Å². The second-order valence-electron chi connectivity index (χ2n) is 5.12. The molecule has 0 radical (unpaired) electrons. The Balaban J connectivity index is 1.52. The molecule has 1 amide bonds. The van der Waals surface area contributed by atoms with E-state index in [4.69, 9.17) is 4.74 Å². The van der Waals surface area contributed by atoms with Gasteiger partial charge in [-0.1, -0.05) is 12.1 Å². The maximum Gasteiger partial charge on any atom is 0.256 e. The van der Waals surface area contributed by atoms with Crippen LogP contribution in [0.1, 0.15) is 22.6 Å². The minimum absolute atomic E-state index is 0.181. The fourth-order valence-electron chi connectivity index (χ4n) is 2.40. The van der Waals surface area contributed by atoms with Gasteiger partial charge in [-0.05, 0) is 30.7 Å².